The summed E-state index contributed by atoms with van der Waals surface area (Å²) in [6.07, 6.45) is 3.71. The zero-order valence-electron chi connectivity index (χ0n) is 26.1. The highest BCUT2D eigenvalue weighted by atomic mass is 32.2. The third-order valence-electron chi connectivity index (χ3n) is 7.70. The van der Waals surface area contributed by atoms with Crippen molar-refractivity contribution in [2.24, 2.45) is 20.5 Å². The van der Waals surface area contributed by atoms with Gasteiger partial charge in [-0.3, -0.25) is 9.11 Å². The van der Waals surface area contributed by atoms with E-state index in [9.17, 15) is 36.2 Å². The van der Waals surface area contributed by atoms with Crippen molar-refractivity contribution >= 4 is 88.1 Å². The Kier molecular flexibility index (Phi) is 9.67. The highest BCUT2D eigenvalue weighted by molar-refractivity contribution is 7.99. The number of phenols is 2. The minimum Gasteiger partial charge on any atom is -0.505 e. The van der Waals surface area contributed by atoms with Crippen molar-refractivity contribution in [3.8, 4) is 22.6 Å². The molecule has 0 saturated heterocycles. The van der Waals surface area contributed by atoms with Crippen molar-refractivity contribution in [3.63, 3.8) is 0 Å². The Morgan fingerprint density at radius 3 is 1.16 bits per heavy atom. The van der Waals surface area contributed by atoms with Crippen LogP contribution in [0.1, 0.15) is 0 Å². The fourth-order valence-corrected chi connectivity index (χ4v) is 7.86. The van der Waals surface area contributed by atoms with Crippen molar-refractivity contribution in [3.05, 3.63) is 97.1 Å². The van der Waals surface area contributed by atoms with Crippen molar-refractivity contribution in [1.29, 1.82) is 0 Å². The van der Waals surface area contributed by atoms with Crippen molar-refractivity contribution in [2.45, 2.75) is 19.6 Å². The second kappa shape index (κ2) is 13.8. The molecule has 0 aliphatic carbocycles. The fourth-order valence-electron chi connectivity index (χ4n) is 5.30. The fraction of sp³-hybridized carbons (Fsp3) is 0.0588. The van der Waals surface area contributed by atoms with Gasteiger partial charge in [0.1, 0.15) is 21.2 Å². The van der Waals surface area contributed by atoms with Crippen LogP contribution in [0, 0.1) is 0 Å². The molecule has 0 radical (unpaired) electrons. The average molecular weight is 747 g/mol. The van der Waals surface area contributed by atoms with Crippen molar-refractivity contribution < 1.29 is 36.2 Å². The highest BCUT2D eigenvalue weighted by Crippen LogP contribution is 2.43. The lowest BCUT2D eigenvalue weighted by atomic mass is 10.0. The second-order valence-electron chi connectivity index (χ2n) is 10.7. The summed E-state index contributed by atoms with van der Waals surface area (Å²) in [4.78, 5) is 0.671. The van der Waals surface area contributed by atoms with Crippen molar-refractivity contribution in [1.82, 2.24) is 0 Å². The summed E-state index contributed by atoms with van der Waals surface area (Å²) >= 11 is 2.80. The number of fused-ring (bicyclic) bond motifs is 2. The zero-order valence-corrected chi connectivity index (χ0v) is 29.3. The number of nitrogens with zero attached hydrogens (tertiary/aromatic N) is 4. The summed E-state index contributed by atoms with van der Waals surface area (Å²) in [6, 6.07) is 25.4. The number of hydrogen-bond acceptors (Lipinski definition) is 12. The van der Waals surface area contributed by atoms with Gasteiger partial charge in [-0.15, -0.1) is 44.0 Å². The topological polar surface area (TPSA) is 199 Å². The molecule has 6 rings (SSSR count). The Hall–Kier alpha value is -4.84. The Bertz CT molecular complexity index is 2430. The lowest BCUT2D eigenvalue weighted by molar-refractivity contribution is 0.477. The second-order valence-corrected chi connectivity index (χ2v) is 15.2. The molecule has 0 spiro atoms. The number of thioether (sulfide) groups is 2. The number of benzene rings is 6. The van der Waals surface area contributed by atoms with Gasteiger partial charge in [0.2, 0.25) is 0 Å². The molecular formula is C34H26N4O8S4. The lowest BCUT2D eigenvalue weighted by Gasteiger charge is -2.10. The summed E-state index contributed by atoms with van der Waals surface area (Å²) in [6.45, 7) is 0. The van der Waals surface area contributed by atoms with E-state index in [-0.39, 0.29) is 44.4 Å². The molecule has 0 aromatic heterocycles. The minimum absolute atomic E-state index is 0.131. The van der Waals surface area contributed by atoms with Crippen LogP contribution >= 0.6 is 23.5 Å². The standard InChI is InChI=1S/C34H26N4O8S4/c1-47-29-15-19(11-13-25(29)35-37-27-17-31(49(41,42)43)21-7-3-5-9-23(21)33(27)39)20-12-14-26(30(16-20)48-2)36-38-28-18-32(50(44,45)46)22-8-4-6-10-24(22)34(28)40/h3-18,39-40H,1-2H3,(H,41,42,43)(H,44,45,46). The smallest absolute Gasteiger partial charge is 0.295 e. The highest BCUT2D eigenvalue weighted by Gasteiger charge is 2.21. The molecule has 0 amide bonds. The molecule has 12 nitrogen and oxygen atoms in total. The molecule has 0 aliphatic rings. The van der Waals surface area contributed by atoms with Gasteiger partial charge < -0.3 is 10.2 Å². The van der Waals surface area contributed by atoms with Gasteiger partial charge in [-0.25, -0.2) is 0 Å². The first-order chi connectivity index (χ1) is 23.8. The zero-order chi connectivity index (χ0) is 35.8. The number of hydrogen-bond donors (Lipinski definition) is 4. The molecule has 0 fully saturated rings. The molecule has 0 bridgehead atoms. The number of azo groups is 2. The van der Waals surface area contributed by atoms with Crippen LogP contribution < -0.4 is 0 Å². The van der Waals surface area contributed by atoms with Gasteiger partial charge in [-0.05, 0) is 60.0 Å². The molecule has 0 unspecified atom stereocenters. The van der Waals surface area contributed by atoms with Crippen LogP contribution in [0.25, 0.3) is 32.7 Å². The maximum atomic E-state index is 12.1. The summed E-state index contributed by atoms with van der Waals surface area (Å²) in [5, 5.41) is 39.1. The van der Waals surface area contributed by atoms with Crippen LogP contribution in [0.2, 0.25) is 0 Å². The van der Waals surface area contributed by atoms with E-state index >= 15 is 0 Å². The van der Waals surface area contributed by atoms with E-state index in [1.54, 1.807) is 36.4 Å². The van der Waals surface area contributed by atoms with Crippen LogP contribution in [0.3, 0.4) is 0 Å². The molecule has 50 heavy (non-hydrogen) atoms. The molecule has 0 heterocycles. The summed E-state index contributed by atoms with van der Waals surface area (Å²) in [5.74, 6) is -0.564. The third kappa shape index (κ3) is 6.94. The Labute approximate surface area is 295 Å². The van der Waals surface area contributed by atoms with Gasteiger partial charge in [-0.1, -0.05) is 60.7 Å². The minimum atomic E-state index is -4.62. The van der Waals surface area contributed by atoms with E-state index in [0.717, 1.165) is 33.1 Å². The monoisotopic (exact) mass is 746 g/mol. The summed E-state index contributed by atoms with van der Waals surface area (Å²) in [5.41, 5.74) is 2.31. The SMILES string of the molecule is CSc1cc(-c2ccc(N=Nc3cc(S(=O)(=O)O)c4ccccc4c3O)c(SC)c2)ccc1N=Nc1cc(S(=O)(=O)O)c2ccccc2c1O. The lowest BCUT2D eigenvalue weighted by Crippen LogP contribution is -1.99. The maximum absolute atomic E-state index is 12.1. The Morgan fingerprint density at radius 1 is 0.480 bits per heavy atom. The third-order valence-corrected chi connectivity index (χ3v) is 11.0. The van der Waals surface area contributed by atoms with E-state index in [2.05, 4.69) is 20.5 Å². The molecule has 6 aromatic rings. The molecule has 0 aliphatic heterocycles. The molecule has 6 aromatic carbocycles. The van der Waals surface area contributed by atoms with Crippen LogP contribution in [-0.2, 0) is 20.2 Å². The quantitative estimate of drug-likeness (QED) is 0.0627. The number of phenolic OH excluding ortho intramolecular Hbond substituents is 2. The maximum Gasteiger partial charge on any atom is 0.295 e. The number of rotatable bonds is 9. The molecule has 254 valence electrons. The van der Waals surface area contributed by atoms with Crippen LogP contribution in [-0.4, -0.2) is 48.7 Å². The number of aromatic hydroxyl groups is 2. The average Bonchev–Trinajstić information content (AvgIpc) is 3.10. The Morgan fingerprint density at radius 2 is 0.820 bits per heavy atom. The molecule has 16 heteroatoms. The molecule has 0 saturated carbocycles. The van der Waals surface area contributed by atoms with E-state index in [1.165, 1.54) is 47.8 Å². The van der Waals surface area contributed by atoms with Gasteiger partial charge in [0.05, 0.1) is 11.4 Å². The van der Waals surface area contributed by atoms with E-state index in [4.69, 9.17) is 0 Å². The molecule has 4 N–H and O–H groups in total. The first kappa shape index (κ1) is 35.0. The van der Waals surface area contributed by atoms with Gasteiger partial charge in [-0.2, -0.15) is 16.8 Å². The summed E-state index contributed by atoms with van der Waals surface area (Å²) < 4.78 is 67.9. The van der Waals surface area contributed by atoms with E-state index < -0.39 is 30.0 Å². The van der Waals surface area contributed by atoms with Crippen LogP contribution in [0.4, 0.5) is 22.7 Å². The molecular weight excluding hydrogens is 721 g/mol. The van der Waals surface area contributed by atoms with Gasteiger partial charge in [0, 0.05) is 31.3 Å². The predicted molar refractivity (Wildman–Crippen MR) is 195 cm³/mol. The van der Waals surface area contributed by atoms with Gasteiger partial charge in [0.15, 0.2) is 11.5 Å². The van der Waals surface area contributed by atoms with Gasteiger partial charge >= 0.3 is 0 Å². The predicted octanol–water partition coefficient (Wildman–Crippen LogP) is 9.84. The summed E-state index contributed by atoms with van der Waals surface area (Å²) in [7, 11) is -9.24. The Balaban J connectivity index is 1.32. The first-order valence-electron chi connectivity index (χ1n) is 14.4. The largest absolute Gasteiger partial charge is 0.505 e. The van der Waals surface area contributed by atoms with E-state index in [1.807, 2.05) is 36.8 Å². The van der Waals surface area contributed by atoms with Crippen LogP contribution in [0.5, 0.6) is 11.5 Å². The van der Waals surface area contributed by atoms with Gasteiger partial charge in [0.25, 0.3) is 20.2 Å². The normalized spacial score (nSPS) is 12.5. The first-order valence-corrected chi connectivity index (χ1v) is 19.8. The van der Waals surface area contributed by atoms with Crippen LogP contribution in [0.15, 0.2) is 137 Å². The van der Waals surface area contributed by atoms with Crippen molar-refractivity contribution in [2.75, 3.05) is 12.5 Å². The molecule has 0 atom stereocenters. The van der Waals surface area contributed by atoms with E-state index in [0.29, 0.717) is 11.4 Å².